The molecule has 110 valence electrons. The maximum Gasteiger partial charge on any atom is 0.234 e. The molecule has 4 rings (SSSR count). The molecule has 3 aromatic heterocycles. The summed E-state index contributed by atoms with van der Waals surface area (Å²) in [6.45, 7) is 0. The second-order valence-electron chi connectivity index (χ2n) is 5.41. The second kappa shape index (κ2) is 5.34. The number of nitrogen functional groups attached to an aromatic ring is 1. The molecule has 1 saturated carbocycles. The van der Waals surface area contributed by atoms with Crippen LogP contribution in [-0.4, -0.2) is 24.8 Å². The van der Waals surface area contributed by atoms with Crippen molar-refractivity contribution in [3.63, 3.8) is 0 Å². The van der Waals surface area contributed by atoms with E-state index in [-0.39, 0.29) is 0 Å². The molecule has 21 heavy (non-hydrogen) atoms. The highest BCUT2D eigenvalue weighted by Gasteiger charge is 2.26. The molecule has 0 spiro atoms. The van der Waals surface area contributed by atoms with E-state index in [2.05, 4.69) is 20.3 Å². The number of rotatable bonds is 5. The van der Waals surface area contributed by atoms with E-state index in [9.17, 15) is 0 Å². The summed E-state index contributed by atoms with van der Waals surface area (Å²) in [6, 6.07) is 0. The van der Waals surface area contributed by atoms with Crippen molar-refractivity contribution in [1.29, 1.82) is 0 Å². The van der Waals surface area contributed by atoms with Crippen LogP contribution in [0.25, 0.3) is 4.96 Å². The van der Waals surface area contributed by atoms with Crippen LogP contribution < -0.4 is 5.73 Å². The first-order valence-electron chi connectivity index (χ1n) is 7.20. The fourth-order valence-electron chi connectivity index (χ4n) is 2.55. The first-order chi connectivity index (χ1) is 10.3. The molecule has 0 bridgehead atoms. The normalized spacial score (nSPS) is 15.6. The van der Waals surface area contributed by atoms with Gasteiger partial charge in [-0.15, -0.1) is 21.5 Å². The number of fused-ring (bicyclic) bond motifs is 1. The minimum absolute atomic E-state index is 0.563. The third-order valence-electron chi connectivity index (χ3n) is 3.92. The molecule has 8 heteroatoms. The molecule has 2 N–H and O–H groups in total. The Kier molecular flexibility index (Phi) is 3.34. The molecule has 0 unspecified atom stereocenters. The summed E-state index contributed by atoms with van der Waals surface area (Å²) in [5.74, 6) is 1.61. The molecular weight excluding hydrogens is 304 g/mol. The van der Waals surface area contributed by atoms with Gasteiger partial charge >= 0.3 is 0 Å². The molecule has 0 atom stereocenters. The number of nitrogens with zero attached hydrogens (tertiary/aromatic N) is 5. The second-order valence-corrected chi connectivity index (χ2v) is 7.34. The van der Waals surface area contributed by atoms with Crippen molar-refractivity contribution in [3.05, 3.63) is 21.9 Å². The molecule has 1 aliphatic carbocycles. The minimum atomic E-state index is 0.563. The summed E-state index contributed by atoms with van der Waals surface area (Å²) < 4.78 is 1.95. The van der Waals surface area contributed by atoms with Crippen molar-refractivity contribution in [1.82, 2.24) is 24.8 Å². The van der Waals surface area contributed by atoms with Crippen LogP contribution in [0.2, 0.25) is 0 Å². The fourth-order valence-corrected chi connectivity index (χ4v) is 4.03. The van der Waals surface area contributed by atoms with E-state index < -0.39 is 0 Å². The molecule has 6 nitrogen and oxygen atoms in total. The predicted octanol–water partition coefficient (Wildman–Crippen LogP) is 2.67. The first-order valence-corrected chi connectivity index (χ1v) is 8.90. The van der Waals surface area contributed by atoms with Crippen LogP contribution in [0.1, 0.15) is 48.1 Å². The molecule has 0 aliphatic heterocycles. The van der Waals surface area contributed by atoms with E-state index in [4.69, 9.17) is 5.73 Å². The Bertz CT molecular complexity index is 754. The molecule has 1 aliphatic rings. The molecule has 0 radical (unpaired) electrons. The number of hydrogen-bond acceptors (Lipinski definition) is 7. The van der Waals surface area contributed by atoms with Crippen molar-refractivity contribution in [2.24, 2.45) is 0 Å². The zero-order valence-electron chi connectivity index (χ0n) is 11.5. The highest BCUT2D eigenvalue weighted by Crippen LogP contribution is 2.35. The number of thiazole rings is 1. The summed E-state index contributed by atoms with van der Waals surface area (Å²) in [4.78, 5) is 5.20. The topological polar surface area (TPSA) is 82.0 Å². The summed E-state index contributed by atoms with van der Waals surface area (Å²) in [5, 5.41) is 17.0. The van der Waals surface area contributed by atoms with Gasteiger partial charge in [-0.05, 0) is 25.7 Å². The monoisotopic (exact) mass is 320 g/mol. The lowest BCUT2D eigenvalue weighted by atomic mass is 9.85. The first kappa shape index (κ1) is 13.1. The quantitative estimate of drug-likeness (QED) is 0.781. The third kappa shape index (κ3) is 2.53. The van der Waals surface area contributed by atoms with E-state index in [0.29, 0.717) is 11.0 Å². The highest BCUT2D eigenvalue weighted by molar-refractivity contribution is 7.16. The Labute approximate surface area is 130 Å². The van der Waals surface area contributed by atoms with Crippen LogP contribution in [0.5, 0.6) is 0 Å². The average molecular weight is 320 g/mol. The lowest BCUT2D eigenvalue weighted by molar-refractivity contribution is 0.395. The number of nitrogens with two attached hydrogens (primary N) is 1. The number of aromatic nitrogens is 5. The van der Waals surface area contributed by atoms with Gasteiger partial charge < -0.3 is 5.73 Å². The molecule has 3 heterocycles. The Hall–Kier alpha value is -1.54. The van der Waals surface area contributed by atoms with Crippen LogP contribution >= 0.6 is 22.7 Å². The Morgan fingerprint density at radius 2 is 2.19 bits per heavy atom. The van der Waals surface area contributed by atoms with Crippen molar-refractivity contribution in [3.8, 4) is 0 Å². The summed E-state index contributed by atoms with van der Waals surface area (Å²) in [6.07, 6.45) is 6.68. The lowest BCUT2D eigenvalue weighted by Gasteiger charge is -2.22. The molecule has 3 aromatic rings. The van der Waals surface area contributed by atoms with Gasteiger partial charge in [-0.25, -0.2) is 4.98 Å². The van der Waals surface area contributed by atoms with Crippen LogP contribution in [-0.2, 0) is 12.8 Å². The van der Waals surface area contributed by atoms with Gasteiger partial charge in [0, 0.05) is 17.7 Å². The lowest BCUT2D eigenvalue weighted by Crippen LogP contribution is -2.13. The standard InChI is InChI=1S/C13H16N6S2/c14-12-15-9(7-20-12)5-2-6-10-18-19-11(8-3-1-4-8)16-17-13(19)21-10/h7-8H,1-6H2,(H2,14,15). The van der Waals surface area contributed by atoms with E-state index >= 15 is 0 Å². The van der Waals surface area contributed by atoms with Gasteiger partial charge in [0.2, 0.25) is 4.96 Å². The number of aryl methyl sites for hydroxylation is 2. The van der Waals surface area contributed by atoms with Crippen molar-refractivity contribution in [2.45, 2.75) is 44.4 Å². The SMILES string of the molecule is Nc1nc(CCCc2nn3c(C4CCC4)nnc3s2)cs1. The van der Waals surface area contributed by atoms with Crippen LogP contribution in [0, 0.1) is 0 Å². The zero-order chi connectivity index (χ0) is 14.2. The summed E-state index contributed by atoms with van der Waals surface area (Å²) >= 11 is 3.15. The van der Waals surface area contributed by atoms with Gasteiger partial charge in [0.15, 0.2) is 11.0 Å². The summed E-state index contributed by atoms with van der Waals surface area (Å²) in [5.41, 5.74) is 6.72. The Balaban J connectivity index is 1.43. The fraction of sp³-hybridized carbons (Fsp3) is 0.538. The smallest absolute Gasteiger partial charge is 0.234 e. The number of anilines is 1. The van der Waals surface area contributed by atoms with Crippen molar-refractivity contribution in [2.75, 3.05) is 5.73 Å². The predicted molar refractivity (Wildman–Crippen MR) is 83.8 cm³/mol. The molecular formula is C13H16N6S2. The van der Waals surface area contributed by atoms with E-state index in [1.165, 1.54) is 30.6 Å². The van der Waals surface area contributed by atoms with Gasteiger partial charge in [-0.2, -0.15) is 9.61 Å². The zero-order valence-corrected chi connectivity index (χ0v) is 13.2. The molecule has 0 aromatic carbocycles. The van der Waals surface area contributed by atoms with Crippen molar-refractivity contribution < 1.29 is 0 Å². The third-order valence-corrected chi connectivity index (χ3v) is 5.60. The Morgan fingerprint density at radius 1 is 1.29 bits per heavy atom. The minimum Gasteiger partial charge on any atom is -0.375 e. The largest absolute Gasteiger partial charge is 0.375 e. The maximum atomic E-state index is 5.64. The Morgan fingerprint density at radius 3 is 2.90 bits per heavy atom. The van der Waals surface area contributed by atoms with E-state index in [1.807, 2.05) is 9.90 Å². The molecule has 1 fully saturated rings. The summed E-state index contributed by atoms with van der Waals surface area (Å²) in [7, 11) is 0. The van der Waals surface area contributed by atoms with Crippen LogP contribution in [0.15, 0.2) is 5.38 Å². The van der Waals surface area contributed by atoms with E-state index in [1.54, 1.807) is 11.3 Å². The van der Waals surface area contributed by atoms with E-state index in [0.717, 1.165) is 40.7 Å². The molecule has 0 amide bonds. The van der Waals surface area contributed by atoms with Gasteiger partial charge in [-0.1, -0.05) is 17.8 Å². The molecule has 0 saturated heterocycles. The van der Waals surface area contributed by atoms with Gasteiger partial charge in [-0.3, -0.25) is 0 Å². The maximum absolute atomic E-state index is 5.64. The van der Waals surface area contributed by atoms with Gasteiger partial charge in [0.05, 0.1) is 5.69 Å². The van der Waals surface area contributed by atoms with Crippen molar-refractivity contribution >= 4 is 32.8 Å². The average Bonchev–Trinajstić information content (AvgIpc) is 3.06. The highest BCUT2D eigenvalue weighted by atomic mass is 32.1. The number of hydrogen-bond donors (Lipinski definition) is 1. The van der Waals surface area contributed by atoms with Gasteiger partial charge in [0.1, 0.15) is 5.01 Å². The van der Waals surface area contributed by atoms with Gasteiger partial charge in [0.25, 0.3) is 0 Å². The van der Waals surface area contributed by atoms with Crippen LogP contribution in [0.3, 0.4) is 0 Å². The van der Waals surface area contributed by atoms with Crippen LogP contribution in [0.4, 0.5) is 5.13 Å².